The van der Waals surface area contributed by atoms with Crippen LogP contribution in [0.15, 0.2) is 22.7 Å². The van der Waals surface area contributed by atoms with Crippen LogP contribution in [0.25, 0.3) is 0 Å². The number of ketones is 1. The van der Waals surface area contributed by atoms with Crippen LogP contribution in [0.5, 0.6) is 0 Å². The summed E-state index contributed by atoms with van der Waals surface area (Å²) >= 11 is 3.38. The Morgan fingerprint density at radius 2 is 1.94 bits per heavy atom. The molecule has 0 unspecified atom stereocenters. The third-order valence-electron chi connectivity index (χ3n) is 3.03. The molecule has 0 saturated carbocycles. The molecule has 0 bridgehead atoms. The smallest absolute Gasteiger partial charge is 0.254 e. The minimum Gasteiger partial charge on any atom is -0.338 e. The average Bonchev–Trinajstić information content (AvgIpc) is 2.29. The van der Waals surface area contributed by atoms with Crippen LogP contribution < -0.4 is 0 Å². The van der Waals surface area contributed by atoms with E-state index in [1.54, 1.807) is 4.90 Å². The molecular weight excluding hydrogens is 282 g/mol. The largest absolute Gasteiger partial charge is 0.338 e. The fraction of sp³-hybridized carbons (Fsp3) is 0.385. The number of piperidine rings is 1. The molecule has 3 nitrogen and oxygen atoms in total. The molecule has 1 aliphatic rings. The summed E-state index contributed by atoms with van der Waals surface area (Å²) in [6, 6.07) is 5.63. The Bertz CT molecular complexity index is 460. The SMILES string of the molecule is Cc1cc(Br)ccc1C(=O)N1CCC(=O)CC1. The zero-order valence-electron chi connectivity index (χ0n) is 9.70. The Hall–Kier alpha value is -1.16. The molecule has 0 radical (unpaired) electrons. The van der Waals surface area contributed by atoms with Crippen molar-refractivity contribution in [3.63, 3.8) is 0 Å². The van der Waals surface area contributed by atoms with Gasteiger partial charge in [-0.05, 0) is 30.7 Å². The van der Waals surface area contributed by atoms with Crippen LogP contribution in [0, 0.1) is 6.92 Å². The van der Waals surface area contributed by atoms with Crippen LogP contribution >= 0.6 is 15.9 Å². The van der Waals surface area contributed by atoms with Gasteiger partial charge in [0.25, 0.3) is 5.91 Å². The molecule has 0 aliphatic carbocycles. The molecule has 17 heavy (non-hydrogen) atoms. The predicted octanol–water partition coefficient (Wildman–Crippen LogP) is 2.56. The number of carbonyl (C=O) groups is 2. The quantitative estimate of drug-likeness (QED) is 0.798. The van der Waals surface area contributed by atoms with Gasteiger partial charge < -0.3 is 4.90 Å². The summed E-state index contributed by atoms with van der Waals surface area (Å²) < 4.78 is 0.973. The summed E-state index contributed by atoms with van der Waals surface area (Å²) in [6.45, 7) is 3.02. The first kappa shape index (κ1) is 12.3. The summed E-state index contributed by atoms with van der Waals surface area (Å²) in [7, 11) is 0. The molecule has 1 saturated heterocycles. The topological polar surface area (TPSA) is 37.4 Å². The van der Waals surface area contributed by atoms with E-state index in [1.807, 2.05) is 25.1 Å². The minimum atomic E-state index is 0.0301. The van der Waals surface area contributed by atoms with E-state index in [4.69, 9.17) is 0 Å². The van der Waals surface area contributed by atoms with Crippen LogP contribution in [0.1, 0.15) is 28.8 Å². The highest BCUT2D eigenvalue weighted by Crippen LogP contribution is 2.18. The van der Waals surface area contributed by atoms with Gasteiger partial charge in [-0.25, -0.2) is 0 Å². The molecule has 0 aromatic heterocycles. The van der Waals surface area contributed by atoms with E-state index in [1.165, 1.54) is 0 Å². The standard InChI is InChI=1S/C13H14BrNO2/c1-9-8-10(14)2-3-12(9)13(17)15-6-4-11(16)5-7-15/h2-3,8H,4-7H2,1H3. The molecule has 2 rings (SSSR count). The van der Waals surface area contributed by atoms with Gasteiger partial charge >= 0.3 is 0 Å². The van der Waals surface area contributed by atoms with Gasteiger partial charge in [0.1, 0.15) is 5.78 Å². The summed E-state index contributed by atoms with van der Waals surface area (Å²) in [6.07, 6.45) is 0.975. The molecule has 0 atom stereocenters. The second kappa shape index (κ2) is 5.00. The predicted molar refractivity (Wildman–Crippen MR) is 69.0 cm³/mol. The maximum atomic E-state index is 12.2. The molecule has 1 heterocycles. The number of benzene rings is 1. The third-order valence-corrected chi connectivity index (χ3v) is 3.52. The Kier molecular flexibility index (Phi) is 3.62. The molecule has 1 fully saturated rings. The minimum absolute atomic E-state index is 0.0301. The monoisotopic (exact) mass is 295 g/mol. The van der Waals surface area contributed by atoms with Crippen LogP contribution in [0.4, 0.5) is 0 Å². The second-order valence-corrected chi connectivity index (χ2v) is 5.21. The summed E-state index contributed by atoms with van der Waals surface area (Å²) in [5.74, 6) is 0.282. The number of nitrogens with zero attached hydrogens (tertiary/aromatic N) is 1. The highest BCUT2D eigenvalue weighted by atomic mass is 79.9. The van der Waals surface area contributed by atoms with E-state index in [9.17, 15) is 9.59 Å². The molecule has 4 heteroatoms. The van der Waals surface area contributed by atoms with Gasteiger partial charge in [0.15, 0.2) is 0 Å². The molecule has 0 spiro atoms. The lowest BCUT2D eigenvalue weighted by Gasteiger charge is -2.26. The van der Waals surface area contributed by atoms with Crippen molar-refractivity contribution in [3.05, 3.63) is 33.8 Å². The van der Waals surface area contributed by atoms with Crippen molar-refractivity contribution >= 4 is 27.6 Å². The second-order valence-electron chi connectivity index (χ2n) is 4.29. The summed E-state index contributed by atoms with van der Waals surface area (Å²) in [5.41, 5.74) is 1.68. The van der Waals surface area contributed by atoms with Gasteiger partial charge in [0.05, 0.1) is 0 Å². The van der Waals surface area contributed by atoms with Crippen LogP contribution in [0.3, 0.4) is 0 Å². The zero-order valence-corrected chi connectivity index (χ0v) is 11.3. The number of carbonyl (C=O) groups excluding carboxylic acids is 2. The molecule has 0 N–H and O–H groups in total. The van der Waals surface area contributed by atoms with E-state index >= 15 is 0 Å². The van der Waals surface area contributed by atoms with Crippen LogP contribution in [-0.4, -0.2) is 29.7 Å². The van der Waals surface area contributed by atoms with Crippen molar-refractivity contribution < 1.29 is 9.59 Å². The van der Waals surface area contributed by atoms with Crippen molar-refractivity contribution in [2.45, 2.75) is 19.8 Å². The number of rotatable bonds is 1. The summed E-state index contributed by atoms with van der Waals surface area (Å²) in [5, 5.41) is 0. The van der Waals surface area contributed by atoms with Crippen molar-refractivity contribution in [2.75, 3.05) is 13.1 Å². The number of halogens is 1. The maximum Gasteiger partial charge on any atom is 0.254 e. The normalized spacial score (nSPS) is 16.1. The highest BCUT2D eigenvalue weighted by molar-refractivity contribution is 9.10. The molecule has 1 aliphatic heterocycles. The van der Waals surface area contributed by atoms with Crippen molar-refractivity contribution in [1.29, 1.82) is 0 Å². The molecule has 1 aromatic rings. The number of aryl methyl sites for hydroxylation is 1. The van der Waals surface area contributed by atoms with E-state index in [0.717, 1.165) is 15.6 Å². The Labute approximate surface area is 109 Å². The van der Waals surface area contributed by atoms with Crippen molar-refractivity contribution in [2.24, 2.45) is 0 Å². The maximum absolute atomic E-state index is 12.2. The van der Waals surface area contributed by atoms with Gasteiger partial charge in [-0.1, -0.05) is 15.9 Å². The van der Waals surface area contributed by atoms with Crippen molar-refractivity contribution in [3.8, 4) is 0 Å². The number of Topliss-reactive ketones (excluding diaryl/α,β-unsaturated/α-hetero) is 1. The molecule has 1 amide bonds. The first-order valence-corrected chi connectivity index (χ1v) is 6.44. The number of hydrogen-bond donors (Lipinski definition) is 0. The fourth-order valence-corrected chi connectivity index (χ4v) is 2.47. The number of likely N-dealkylation sites (tertiary alicyclic amines) is 1. The molecule has 90 valence electrons. The highest BCUT2D eigenvalue weighted by Gasteiger charge is 2.22. The van der Waals surface area contributed by atoms with Gasteiger partial charge in [-0.2, -0.15) is 0 Å². The Morgan fingerprint density at radius 3 is 2.53 bits per heavy atom. The number of amides is 1. The van der Waals surface area contributed by atoms with Gasteiger partial charge in [-0.3, -0.25) is 9.59 Å². The molecular formula is C13H14BrNO2. The van der Waals surface area contributed by atoms with E-state index < -0.39 is 0 Å². The van der Waals surface area contributed by atoms with Crippen molar-refractivity contribution in [1.82, 2.24) is 4.90 Å². The average molecular weight is 296 g/mol. The third kappa shape index (κ3) is 2.75. The Morgan fingerprint density at radius 1 is 1.29 bits per heavy atom. The lowest BCUT2D eigenvalue weighted by Crippen LogP contribution is -2.38. The first-order valence-electron chi connectivity index (χ1n) is 5.65. The van der Waals surface area contributed by atoms with Crippen LogP contribution in [-0.2, 0) is 4.79 Å². The van der Waals surface area contributed by atoms with E-state index in [2.05, 4.69) is 15.9 Å². The van der Waals surface area contributed by atoms with Crippen LogP contribution in [0.2, 0.25) is 0 Å². The lowest BCUT2D eigenvalue weighted by atomic mass is 10.0. The zero-order chi connectivity index (χ0) is 12.4. The van der Waals surface area contributed by atoms with E-state index in [0.29, 0.717) is 25.9 Å². The first-order chi connectivity index (χ1) is 8.08. The molecule has 1 aromatic carbocycles. The lowest BCUT2D eigenvalue weighted by molar-refractivity contribution is -0.120. The number of hydrogen-bond acceptors (Lipinski definition) is 2. The summed E-state index contributed by atoms with van der Waals surface area (Å²) in [4.78, 5) is 25.1. The van der Waals surface area contributed by atoms with Gasteiger partial charge in [0.2, 0.25) is 0 Å². The fourth-order valence-electron chi connectivity index (χ4n) is 2.00. The van der Waals surface area contributed by atoms with E-state index in [-0.39, 0.29) is 11.7 Å². The Balaban J connectivity index is 2.16. The van der Waals surface area contributed by atoms with Gasteiger partial charge in [-0.15, -0.1) is 0 Å². The van der Waals surface area contributed by atoms with Gasteiger partial charge in [0, 0.05) is 36.0 Å².